The second-order valence-electron chi connectivity index (χ2n) is 5.12. The predicted molar refractivity (Wildman–Crippen MR) is 85.3 cm³/mol. The van der Waals surface area contributed by atoms with Crippen LogP contribution in [0, 0.1) is 6.92 Å². The molecule has 2 rings (SSSR count). The number of hydrogen-bond donors (Lipinski definition) is 2. The van der Waals surface area contributed by atoms with Crippen LogP contribution in [0.4, 0.5) is 11.4 Å². The Kier molecular flexibility index (Phi) is 4.42. The van der Waals surface area contributed by atoms with Crippen molar-refractivity contribution in [2.24, 2.45) is 0 Å². The predicted octanol–water partition coefficient (Wildman–Crippen LogP) is 1.97. The minimum absolute atomic E-state index is 0.158. The first-order valence-electron chi connectivity index (χ1n) is 6.75. The largest absolute Gasteiger partial charge is 0.399 e. The van der Waals surface area contributed by atoms with E-state index in [2.05, 4.69) is 10.3 Å². The molecule has 2 aromatic rings. The number of nitrogens with two attached hydrogens (primary N) is 1. The Labute approximate surface area is 124 Å². The van der Waals surface area contributed by atoms with Crippen LogP contribution in [0.5, 0.6) is 0 Å². The van der Waals surface area contributed by atoms with E-state index in [1.165, 1.54) is 0 Å². The normalized spacial score (nSPS) is 10.2. The van der Waals surface area contributed by atoms with Gasteiger partial charge in [0.05, 0.1) is 17.8 Å². The highest BCUT2D eigenvalue weighted by atomic mass is 16.1. The van der Waals surface area contributed by atoms with Crippen molar-refractivity contribution >= 4 is 17.3 Å². The van der Waals surface area contributed by atoms with Gasteiger partial charge >= 0.3 is 0 Å². The van der Waals surface area contributed by atoms with Crippen molar-refractivity contribution < 1.29 is 4.79 Å². The molecule has 1 amide bonds. The maximum absolute atomic E-state index is 12.4. The summed E-state index contributed by atoms with van der Waals surface area (Å²) in [6.07, 6.45) is 0. The zero-order valence-corrected chi connectivity index (χ0v) is 12.6. The van der Waals surface area contributed by atoms with Crippen molar-refractivity contribution in [3.8, 4) is 0 Å². The number of hydrogen-bond acceptors (Lipinski definition) is 4. The van der Waals surface area contributed by atoms with Gasteiger partial charge in [0.25, 0.3) is 5.91 Å². The fourth-order valence-corrected chi connectivity index (χ4v) is 2.09. The molecule has 1 aromatic carbocycles. The Morgan fingerprint density at radius 1 is 1.29 bits per heavy atom. The monoisotopic (exact) mass is 284 g/mol. The Hall–Kier alpha value is -2.56. The summed E-state index contributed by atoms with van der Waals surface area (Å²) in [5.41, 5.74) is 9.51. The average molecular weight is 284 g/mol. The Balaban J connectivity index is 2.15. The van der Waals surface area contributed by atoms with Gasteiger partial charge in [0, 0.05) is 31.2 Å². The molecular formula is C16H20N4O. The van der Waals surface area contributed by atoms with Crippen LogP contribution in [0.2, 0.25) is 0 Å². The topological polar surface area (TPSA) is 71.2 Å². The minimum Gasteiger partial charge on any atom is -0.399 e. The molecular weight excluding hydrogens is 264 g/mol. The van der Waals surface area contributed by atoms with Crippen LogP contribution in [-0.4, -0.2) is 25.0 Å². The fourth-order valence-electron chi connectivity index (χ4n) is 2.09. The van der Waals surface area contributed by atoms with Gasteiger partial charge in [-0.1, -0.05) is 6.07 Å². The Morgan fingerprint density at radius 2 is 2.05 bits per heavy atom. The molecule has 0 aliphatic heterocycles. The number of carbonyl (C=O) groups excluding carboxylic acids is 1. The molecule has 0 aliphatic rings. The summed E-state index contributed by atoms with van der Waals surface area (Å²) in [5.74, 6) is -0.158. The van der Waals surface area contributed by atoms with E-state index in [9.17, 15) is 4.79 Å². The van der Waals surface area contributed by atoms with E-state index in [4.69, 9.17) is 5.73 Å². The van der Waals surface area contributed by atoms with Gasteiger partial charge in [0.1, 0.15) is 0 Å². The number of anilines is 2. The summed E-state index contributed by atoms with van der Waals surface area (Å²) in [5, 5.41) is 2.88. The molecule has 3 N–H and O–H groups in total. The number of carbonyl (C=O) groups is 1. The SMILES string of the molecule is Cc1cccc(CNC(=O)c2cc(N)ccc2N(C)C)n1. The Bertz CT molecular complexity index is 652. The Morgan fingerprint density at radius 3 is 2.71 bits per heavy atom. The molecule has 0 saturated heterocycles. The average Bonchev–Trinajstić information content (AvgIpc) is 2.44. The lowest BCUT2D eigenvalue weighted by atomic mass is 10.1. The maximum atomic E-state index is 12.4. The molecule has 0 radical (unpaired) electrons. The maximum Gasteiger partial charge on any atom is 0.253 e. The van der Waals surface area contributed by atoms with Crippen molar-refractivity contribution in [2.75, 3.05) is 24.7 Å². The molecule has 1 aromatic heterocycles. The molecule has 1 heterocycles. The number of aromatic nitrogens is 1. The summed E-state index contributed by atoms with van der Waals surface area (Å²) in [6, 6.07) is 11.1. The highest BCUT2D eigenvalue weighted by Gasteiger charge is 2.13. The van der Waals surface area contributed by atoms with E-state index in [0.29, 0.717) is 17.8 Å². The third-order valence-electron chi connectivity index (χ3n) is 3.12. The van der Waals surface area contributed by atoms with Crippen LogP contribution < -0.4 is 16.0 Å². The molecule has 0 fully saturated rings. The van der Waals surface area contributed by atoms with Crippen molar-refractivity contribution in [2.45, 2.75) is 13.5 Å². The number of nitrogens with zero attached hydrogens (tertiary/aromatic N) is 2. The third-order valence-corrected chi connectivity index (χ3v) is 3.12. The lowest BCUT2D eigenvalue weighted by molar-refractivity contribution is 0.0951. The van der Waals surface area contributed by atoms with Gasteiger partial charge in [0.15, 0.2) is 0 Å². The quantitative estimate of drug-likeness (QED) is 0.842. The highest BCUT2D eigenvalue weighted by Crippen LogP contribution is 2.21. The fraction of sp³-hybridized carbons (Fsp3) is 0.250. The number of rotatable bonds is 4. The molecule has 0 bridgehead atoms. The molecule has 21 heavy (non-hydrogen) atoms. The zero-order valence-electron chi connectivity index (χ0n) is 12.6. The van der Waals surface area contributed by atoms with E-state index in [-0.39, 0.29) is 5.91 Å². The van der Waals surface area contributed by atoms with Gasteiger partial charge in [0.2, 0.25) is 0 Å². The summed E-state index contributed by atoms with van der Waals surface area (Å²) < 4.78 is 0. The second kappa shape index (κ2) is 6.26. The van der Waals surface area contributed by atoms with Crippen LogP contribution in [0.3, 0.4) is 0 Å². The van der Waals surface area contributed by atoms with E-state index in [1.807, 2.05) is 50.2 Å². The van der Waals surface area contributed by atoms with Gasteiger partial charge in [-0.2, -0.15) is 0 Å². The zero-order chi connectivity index (χ0) is 15.4. The number of nitrogens with one attached hydrogen (secondary N) is 1. The third kappa shape index (κ3) is 3.72. The highest BCUT2D eigenvalue weighted by molar-refractivity contribution is 6.00. The molecule has 0 atom stereocenters. The number of pyridine rings is 1. The van der Waals surface area contributed by atoms with Crippen molar-refractivity contribution in [3.63, 3.8) is 0 Å². The van der Waals surface area contributed by atoms with E-state index in [0.717, 1.165) is 17.1 Å². The molecule has 5 heteroatoms. The molecule has 110 valence electrons. The van der Waals surface area contributed by atoms with E-state index >= 15 is 0 Å². The summed E-state index contributed by atoms with van der Waals surface area (Å²) in [4.78, 5) is 18.6. The molecule has 5 nitrogen and oxygen atoms in total. The van der Waals surface area contributed by atoms with Gasteiger partial charge < -0.3 is 16.0 Å². The van der Waals surface area contributed by atoms with Crippen molar-refractivity contribution in [1.29, 1.82) is 0 Å². The first-order valence-corrected chi connectivity index (χ1v) is 6.75. The van der Waals surface area contributed by atoms with E-state index in [1.54, 1.807) is 12.1 Å². The smallest absolute Gasteiger partial charge is 0.253 e. The van der Waals surface area contributed by atoms with Crippen LogP contribution in [-0.2, 0) is 6.54 Å². The van der Waals surface area contributed by atoms with Crippen LogP contribution in [0.15, 0.2) is 36.4 Å². The van der Waals surface area contributed by atoms with Crippen LogP contribution >= 0.6 is 0 Å². The van der Waals surface area contributed by atoms with E-state index < -0.39 is 0 Å². The van der Waals surface area contributed by atoms with Crippen LogP contribution in [0.25, 0.3) is 0 Å². The second-order valence-corrected chi connectivity index (χ2v) is 5.12. The molecule has 0 spiro atoms. The summed E-state index contributed by atoms with van der Waals surface area (Å²) in [6.45, 7) is 2.32. The van der Waals surface area contributed by atoms with Crippen LogP contribution in [0.1, 0.15) is 21.7 Å². The van der Waals surface area contributed by atoms with Gasteiger partial charge in [-0.05, 0) is 37.3 Å². The number of nitrogen functional groups attached to an aromatic ring is 1. The molecule has 0 saturated carbocycles. The number of aryl methyl sites for hydroxylation is 1. The summed E-state index contributed by atoms with van der Waals surface area (Å²) in [7, 11) is 3.79. The molecule has 0 unspecified atom stereocenters. The summed E-state index contributed by atoms with van der Waals surface area (Å²) >= 11 is 0. The first-order chi connectivity index (χ1) is 9.97. The molecule has 0 aliphatic carbocycles. The van der Waals surface area contributed by atoms with Gasteiger partial charge in [-0.15, -0.1) is 0 Å². The van der Waals surface area contributed by atoms with Crippen molar-refractivity contribution in [3.05, 3.63) is 53.3 Å². The number of amides is 1. The van der Waals surface area contributed by atoms with Crippen molar-refractivity contribution in [1.82, 2.24) is 10.3 Å². The number of benzene rings is 1. The lowest BCUT2D eigenvalue weighted by Crippen LogP contribution is -2.26. The minimum atomic E-state index is -0.158. The van der Waals surface area contributed by atoms with Gasteiger partial charge in [-0.25, -0.2) is 0 Å². The van der Waals surface area contributed by atoms with Gasteiger partial charge in [-0.3, -0.25) is 9.78 Å². The first kappa shape index (κ1) is 14.8. The lowest BCUT2D eigenvalue weighted by Gasteiger charge is -2.17. The standard InChI is InChI=1S/C16H20N4O/c1-11-5-4-6-13(19-11)10-18-16(21)14-9-12(17)7-8-15(14)20(2)3/h4-9H,10,17H2,1-3H3,(H,18,21).